The van der Waals surface area contributed by atoms with Crippen molar-refractivity contribution >= 4 is 38.9 Å². The van der Waals surface area contributed by atoms with Crippen molar-refractivity contribution in [3.05, 3.63) is 20.8 Å². The smallest absolute Gasteiger partial charge is 0.205 e. The van der Waals surface area contributed by atoms with Crippen molar-refractivity contribution < 1.29 is 9.47 Å². The van der Waals surface area contributed by atoms with E-state index in [1.54, 1.807) is 11.3 Å². The first kappa shape index (κ1) is 10.9. The van der Waals surface area contributed by atoms with Crippen molar-refractivity contribution in [3.8, 4) is 0 Å². The Hall–Kier alpha value is 0.390. The van der Waals surface area contributed by atoms with Crippen molar-refractivity contribution in [3.63, 3.8) is 0 Å². The van der Waals surface area contributed by atoms with Crippen LogP contribution in [0.4, 0.5) is 0 Å². The summed E-state index contributed by atoms with van der Waals surface area (Å²) >= 11 is 10.8. The van der Waals surface area contributed by atoms with E-state index >= 15 is 0 Å². The number of halogens is 2. The third-order valence-corrected chi connectivity index (χ3v) is 4.06. The lowest BCUT2D eigenvalue weighted by molar-refractivity contribution is -0.164. The molecule has 0 radical (unpaired) electrons. The minimum atomic E-state index is -0.585. The van der Waals surface area contributed by atoms with Crippen LogP contribution in [-0.4, -0.2) is 19.1 Å². The van der Waals surface area contributed by atoms with E-state index in [1.807, 2.05) is 12.1 Å². The molecule has 1 aliphatic heterocycles. The maximum atomic E-state index is 5.76. The van der Waals surface area contributed by atoms with Gasteiger partial charge in [-0.05, 0) is 28.1 Å². The van der Waals surface area contributed by atoms with Crippen LogP contribution in [0.2, 0.25) is 0 Å². The zero-order valence-corrected chi connectivity index (χ0v) is 10.6. The molecule has 1 aliphatic rings. The van der Waals surface area contributed by atoms with Gasteiger partial charge in [-0.3, -0.25) is 0 Å². The predicted molar refractivity (Wildman–Crippen MR) is 60.9 cm³/mol. The van der Waals surface area contributed by atoms with E-state index in [2.05, 4.69) is 15.9 Å². The van der Waals surface area contributed by atoms with Gasteiger partial charge in [-0.1, -0.05) is 0 Å². The van der Waals surface area contributed by atoms with Crippen molar-refractivity contribution in [1.82, 2.24) is 0 Å². The topological polar surface area (TPSA) is 18.5 Å². The number of hydrogen-bond donors (Lipinski definition) is 0. The number of alkyl halides is 1. The second-order valence-corrected chi connectivity index (χ2v) is 5.83. The first-order valence-corrected chi connectivity index (χ1v) is 6.51. The van der Waals surface area contributed by atoms with Gasteiger partial charge in [-0.2, -0.15) is 0 Å². The fraction of sp³-hybridized carbons (Fsp3) is 0.556. The van der Waals surface area contributed by atoms with Gasteiger partial charge in [0, 0.05) is 12.3 Å². The summed E-state index contributed by atoms with van der Waals surface area (Å²) in [5, 5.41) is 0. The third kappa shape index (κ3) is 1.99. The van der Waals surface area contributed by atoms with E-state index in [0.717, 1.165) is 8.66 Å². The molecule has 2 heterocycles. The molecule has 1 saturated heterocycles. The maximum Gasteiger partial charge on any atom is 0.205 e. The highest BCUT2D eigenvalue weighted by molar-refractivity contribution is 9.11. The minimum Gasteiger partial charge on any atom is -0.343 e. The van der Waals surface area contributed by atoms with Crippen LogP contribution in [0.3, 0.4) is 0 Å². The quantitative estimate of drug-likeness (QED) is 0.797. The fourth-order valence-corrected chi connectivity index (χ4v) is 3.27. The van der Waals surface area contributed by atoms with Crippen LogP contribution in [-0.2, 0) is 15.3 Å². The standard InChI is InChI=1S/C9H10BrClO2S/c10-8-2-1-7(14-8)9(3-4-11)12-5-6-13-9/h1-2H,3-6H2. The van der Waals surface area contributed by atoms with E-state index in [0.29, 0.717) is 25.5 Å². The molecule has 0 amide bonds. The van der Waals surface area contributed by atoms with Gasteiger partial charge in [-0.25, -0.2) is 0 Å². The van der Waals surface area contributed by atoms with Gasteiger partial charge in [0.2, 0.25) is 5.79 Å². The zero-order valence-electron chi connectivity index (χ0n) is 7.46. The van der Waals surface area contributed by atoms with E-state index in [4.69, 9.17) is 21.1 Å². The van der Waals surface area contributed by atoms with E-state index in [9.17, 15) is 0 Å². The Morgan fingerprint density at radius 3 is 2.64 bits per heavy atom. The molecule has 2 nitrogen and oxygen atoms in total. The van der Waals surface area contributed by atoms with Crippen LogP contribution in [0.1, 0.15) is 11.3 Å². The fourth-order valence-electron chi connectivity index (χ4n) is 1.51. The van der Waals surface area contributed by atoms with Crippen molar-refractivity contribution in [2.75, 3.05) is 19.1 Å². The molecule has 1 aromatic rings. The van der Waals surface area contributed by atoms with Crippen LogP contribution in [0.5, 0.6) is 0 Å². The Labute approximate surface area is 100 Å². The van der Waals surface area contributed by atoms with Crippen LogP contribution in [0.25, 0.3) is 0 Å². The van der Waals surface area contributed by atoms with Gasteiger partial charge in [0.25, 0.3) is 0 Å². The summed E-state index contributed by atoms with van der Waals surface area (Å²) in [6, 6.07) is 4.02. The molecule has 0 N–H and O–H groups in total. The molecule has 78 valence electrons. The monoisotopic (exact) mass is 296 g/mol. The molecule has 0 bridgehead atoms. The second kappa shape index (κ2) is 4.49. The van der Waals surface area contributed by atoms with Crippen LogP contribution < -0.4 is 0 Å². The minimum absolute atomic E-state index is 0.537. The Morgan fingerprint density at radius 1 is 1.43 bits per heavy atom. The first-order chi connectivity index (χ1) is 6.77. The largest absolute Gasteiger partial charge is 0.343 e. The number of ether oxygens (including phenoxy) is 2. The van der Waals surface area contributed by atoms with Crippen molar-refractivity contribution in [1.29, 1.82) is 0 Å². The van der Waals surface area contributed by atoms with Crippen LogP contribution >= 0.6 is 38.9 Å². The predicted octanol–water partition coefficient (Wildman–Crippen LogP) is 3.34. The summed E-state index contributed by atoms with van der Waals surface area (Å²) < 4.78 is 12.4. The summed E-state index contributed by atoms with van der Waals surface area (Å²) in [4.78, 5) is 1.09. The average Bonchev–Trinajstić information content (AvgIpc) is 2.75. The molecule has 0 atom stereocenters. The van der Waals surface area contributed by atoms with Gasteiger partial charge in [-0.15, -0.1) is 22.9 Å². The molecular formula is C9H10BrClO2S. The normalized spacial score (nSPS) is 20.1. The molecule has 0 aromatic carbocycles. The molecule has 1 aromatic heterocycles. The number of rotatable bonds is 3. The second-order valence-electron chi connectivity index (χ2n) is 2.99. The first-order valence-electron chi connectivity index (χ1n) is 4.36. The molecule has 0 saturated carbocycles. The average molecular weight is 298 g/mol. The lowest BCUT2D eigenvalue weighted by atomic mass is 10.2. The summed E-state index contributed by atoms with van der Waals surface area (Å²) in [6.45, 7) is 1.29. The molecular weight excluding hydrogens is 288 g/mol. The van der Waals surface area contributed by atoms with Gasteiger partial charge in [0.05, 0.1) is 21.9 Å². The molecule has 5 heteroatoms. The summed E-state index contributed by atoms with van der Waals surface area (Å²) in [5.41, 5.74) is 0. The zero-order chi connectivity index (χ0) is 10.0. The lowest BCUT2D eigenvalue weighted by Crippen LogP contribution is -2.26. The molecule has 1 fully saturated rings. The van der Waals surface area contributed by atoms with E-state index in [-0.39, 0.29) is 0 Å². The highest BCUT2D eigenvalue weighted by Gasteiger charge is 2.39. The summed E-state index contributed by atoms with van der Waals surface area (Å²) in [5.74, 6) is -0.0477. The number of hydrogen-bond acceptors (Lipinski definition) is 3. The summed E-state index contributed by atoms with van der Waals surface area (Å²) in [6.07, 6.45) is 0.696. The van der Waals surface area contributed by atoms with Crippen LogP contribution in [0.15, 0.2) is 15.9 Å². The SMILES string of the molecule is ClCCC1(c2ccc(Br)s2)OCCO1. The van der Waals surface area contributed by atoms with Gasteiger partial charge < -0.3 is 9.47 Å². The third-order valence-electron chi connectivity index (χ3n) is 2.13. The molecule has 0 spiro atoms. The lowest BCUT2D eigenvalue weighted by Gasteiger charge is -2.24. The van der Waals surface area contributed by atoms with Crippen molar-refractivity contribution in [2.45, 2.75) is 12.2 Å². The Kier molecular flexibility index (Phi) is 3.50. The van der Waals surface area contributed by atoms with Gasteiger partial charge >= 0.3 is 0 Å². The highest BCUT2D eigenvalue weighted by Crippen LogP contribution is 2.40. The number of thiophene rings is 1. The molecule has 0 aliphatic carbocycles. The Bertz CT molecular complexity index is 310. The molecule has 14 heavy (non-hydrogen) atoms. The Balaban J connectivity index is 2.26. The van der Waals surface area contributed by atoms with Crippen LogP contribution in [0, 0.1) is 0 Å². The summed E-state index contributed by atoms with van der Waals surface area (Å²) in [7, 11) is 0. The maximum absolute atomic E-state index is 5.76. The molecule has 0 unspecified atom stereocenters. The van der Waals surface area contributed by atoms with E-state index < -0.39 is 5.79 Å². The molecule has 2 rings (SSSR count). The van der Waals surface area contributed by atoms with E-state index in [1.165, 1.54) is 0 Å². The van der Waals surface area contributed by atoms with Gasteiger partial charge in [0.15, 0.2) is 0 Å². The Morgan fingerprint density at radius 2 is 2.14 bits per heavy atom. The van der Waals surface area contributed by atoms with Crippen molar-refractivity contribution in [2.24, 2.45) is 0 Å². The van der Waals surface area contributed by atoms with Gasteiger partial charge in [0.1, 0.15) is 0 Å². The highest BCUT2D eigenvalue weighted by atomic mass is 79.9.